The van der Waals surface area contributed by atoms with Gasteiger partial charge in [0, 0.05) is 12.5 Å². The van der Waals surface area contributed by atoms with Gasteiger partial charge >= 0.3 is 0 Å². The summed E-state index contributed by atoms with van der Waals surface area (Å²) in [5, 5.41) is 0. The fourth-order valence-corrected chi connectivity index (χ4v) is 1.13. The topological polar surface area (TPSA) is 26.0 Å². The summed E-state index contributed by atoms with van der Waals surface area (Å²) < 4.78 is 30.6. The van der Waals surface area contributed by atoms with E-state index in [4.69, 9.17) is 4.42 Å². The number of fused-ring (bicyclic) bond motifs is 1. The molecule has 13 heavy (non-hydrogen) atoms. The van der Waals surface area contributed by atoms with Gasteiger partial charge in [-0.1, -0.05) is 6.07 Å². The molecule has 68 valence electrons. The van der Waals surface area contributed by atoms with Gasteiger partial charge in [-0.3, -0.25) is 0 Å². The van der Waals surface area contributed by atoms with Gasteiger partial charge in [-0.05, 0) is 12.1 Å². The minimum absolute atomic E-state index is 0.0586. The third-order valence-electron chi connectivity index (χ3n) is 1.84. The van der Waals surface area contributed by atoms with Gasteiger partial charge in [-0.15, -0.1) is 0 Å². The van der Waals surface area contributed by atoms with E-state index in [0.29, 0.717) is 11.1 Å². The Morgan fingerprint density at radius 3 is 2.85 bits per heavy atom. The van der Waals surface area contributed by atoms with E-state index in [1.807, 2.05) is 0 Å². The SMILES string of the molecule is CC(F)(F)c1ccc2ncoc2c1. The van der Waals surface area contributed by atoms with Crippen LogP contribution in [-0.4, -0.2) is 4.98 Å². The first-order valence-corrected chi connectivity index (χ1v) is 3.79. The maximum Gasteiger partial charge on any atom is 0.270 e. The highest BCUT2D eigenvalue weighted by Crippen LogP contribution is 2.28. The lowest BCUT2D eigenvalue weighted by atomic mass is 10.1. The van der Waals surface area contributed by atoms with Crippen LogP contribution in [0.15, 0.2) is 29.0 Å². The zero-order valence-corrected chi connectivity index (χ0v) is 6.92. The summed E-state index contributed by atoms with van der Waals surface area (Å²) in [5.74, 6) is -2.83. The van der Waals surface area contributed by atoms with E-state index in [1.54, 1.807) is 0 Å². The molecule has 0 amide bonds. The second-order valence-electron chi connectivity index (χ2n) is 2.92. The molecule has 0 aliphatic rings. The predicted molar refractivity (Wildman–Crippen MR) is 43.6 cm³/mol. The first kappa shape index (κ1) is 8.16. The van der Waals surface area contributed by atoms with Crippen molar-refractivity contribution in [3.05, 3.63) is 30.2 Å². The second-order valence-corrected chi connectivity index (χ2v) is 2.92. The normalized spacial score (nSPS) is 12.2. The highest BCUT2D eigenvalue weighted by molar-refractivity contribution is 5.72. The number of benzene rings is 1. The summed E-state index contributed by atoms with van der Waals surface area (Å²) in [7, 11) is 0. The molecule has 4 heteroatoms. The van der Waals surface area contributed by atoms with Crippen LogP contribution in [0, 0.1) is 0 Å². The number of nitrogens with zero attached hydrogens (tertiary/aromatic N) is 1. The number of rotatable bonds is 1. The molecule has 1 aromatic carbocycles. The zero-order valence-electron chi connectivity index (χ0n) is 6.92. The molecule has 1 aromatic heterocycles. The Labute approximate surface area is 73.2 Å². The van der Waals surface area contributed by atoms with Crippen molar-refractivity contribution in [2.75, 3.05) is 0 Å². The quantitative estimate of drug-likeness (QED) is 0.679. The van der Waals surface area contributed by atoms with Gasteiger partial charge in [-0.2, -0.15) is 0 Å². The Bertz CT molecular complexity index is 430. The van der Waals surface area contributed by atoms with Crippen molar-refractivity contribution in [1.82, 2.24) is 4.98 Å². The van der Waals surface area contributed by atoms with Gasteiger partial charge in [0.25, 0.3) is 5.92 Å². The molecule has 2 aromatic rings. The Kier molecular flexibility index (Phi) is 1.58. The Morgan fingerprint density at radius 2 is 2.15 bits per heavy atom. The average molecular weight is 183 g/mol. The molecule has 0 spiro atoms. The number of hydrogen-bond donors (Lipinski definition) is 0. The zero-order chi connectivity index (χ0) is 9.47. The predicted octanol–water partition coefficient (Wildman–Crippen LogP) is 2.94. The van der Waals surface area contributed by atoms with Crippen LogP contribution in [-0.2, 0) is 5.92 Å². The van der Waals surface area contributed by atoms with Crippen LogP contribution in [0.5, 0.6) is 0 Å². The molecule has 2 rings (SSSR count). The lowest BCUT2D eigenvalue weighted by Crippen LogP contribution is -2.06. The van der Waals surface area contributed by atoms with Gasteiger partial charge in [-0.25, -0.2) is 13.8 Å². The molecule has 2 nitrogen and oxygen atoms in total. The van der Waals surface area contributed by atoms with Crippen molar-refractivity contribution < 1.29 is 13.2 Å². The molecule has 0 bridgehead atoms. The van der Waals surface area contributed by atoms with E-state index >= 15 is 0 Å². The lowest BCUT2D eigenvalue weighted by molar-refractivity contribution is 0.0175. The van der Waals surface area contributed by atoms with Gasteiger partial charge < -0.3 is 4.42 Å². The maximum absolute atomic E-state index is 12.8. The molecule has 0 aliphatic carbocycles. The van der Waals surface area contributed by atoms with Crippen molar-refractivity contribution in [2.24, 2.45) is 0 Å². The lowest BCUT2D eigenvalue weighted by Gasteiger charge is -2.08. The highest BCUT2D eigenvalue weighted by atomic mass is 19.3. The molecule has 0 radical (unpaired) electrons. The summed E-state index contributed by atoms with van der Waals surface area (Å²) >= 11 is 0. The summed E-state index contributed by atoms with van der Waals surface area (Å²) in [6.45, 7) is 0.852. The first-order chi connectivity index (χ1) is 6.07. The average Bonchev–Trinajstić information content (AvgIpc) is 2.47. The summed E-state index contributed by atoms with van der Waals surface area (Å²) in [5.41, 5.74) is 0.920. The Hall–Kier alpha value is -1.45. The molecule has 0 N–H and O–H groups in total. The van der Waals surface area contributed by atoms with E-state index in [2.05, 4.69) is 4.98 Å². The number of oxazole rings is 1. The van der Waals surface area contributed by atoms with Gasteiger partial charge in [0.1, 0.15) is 5.52 Å². The van der Waals surface area contributed by atoms with Crippen LogP contribution >= 0.6 is 0 Å². The fourth-order valence-electron chi connectivity index (χ4n) is 1.13. The first-order valence-electron chi connectivity index (χ1n) is 3.79. The molecule has 0 saturated carbocycles. The standard InChI is InChI=1S/C9H7F2NO/c1-9(10,11)6-2-3-7-8(4-6)13-5-12-7/h2-5H,1H3. The maximum atomic E-state index is 12.8. The molecular weight excluding hydrogens is 176 g/mol. The molecule has 0 aliphatic heterocycles. The van der Waals surface area contributed by atoms with Gasteiger partial charge in [0.05, 0.1) is 0 Å². The summed E-state index contributed by atoms with van der Waals surface area (Å²) in [6, 6.07) is 4.18. The molecule has 0 fully saturated rings. The fraction of sp³-hybridized carbons (Fsp3) is 0.222. The Morgan fingerprint density at radius 1 is 1.38 bits per heavy atom. The molecule has 0 saturated heterocycles. The second kappa shape index (κ2) is 2.52. The van der Waals surface area contributed by atoms with Crippen LogP contribution in [0.3, 0.4) is 0 Å². The van der Waals surface area contributed by atoms with Crippen molar-refractivity contribution in [1.29, 1.82) is 0 Å². The number of halogens is 2. The van der Waals surface area contributed by atoms with Gasteiger partial charge in [0.2, 0.25) is 0 Å². The van der Waals surface area contributed by atoms with E-state index in [-0.39, 0.29) is 5.56 Å². The van der Waals surface area contributed by atoms with Crippen molar-refractivity contribution in [3.8, 4) is 0 Å². The van der Waals surface area contributed by atoms with Crippen LogP contribution in [0.25, 0.3) is 11.1 Å². The number of alkyl halides is 2. The Balaban J connectivity index is 2.61. The van der Waals surface area contributed by atoms with Crippen molar-refractivity contribution in [3.63, 3.8) is 0 Å². The molecular formula is C9H7F2NO. The molecule has 0 atom stereocenters. The minimum atomic E-state index is -2.83. The third kappa shape index (κ3) is 1.39. The number of hydrogen-bond acceptors (Lipinski definition) is 2. The van der Waals surface area contributed by atoms with Gasteiger partial charge in [0.15, 0.2) is 12.0 Å². The van der Waals surface area contributed by atoms with Crippen molar-refractivity contribution >= 4 is 11.1 Å². The smallest absolute Gasteiger partial charge is 0.270 e. The van der Waals surface area contributed by atoms with E-state index in [0.717, 1.165) is 6.92 Å². The largest absolute Gasteiger partial charge is 0.443 e. The minimum Gasteiger partial charge on any atom is -0.443 e. The number of aromatic nitrogens is 1. The van der Waals surface area contributed by atoms with Crippen molar-refractivity contribution in [2.45, 2.75) is 12.8 Å². The molecule has 1 heterocycles. The van der Waals surface area contributed by atoms with Crippen LogP contribution in [0.2, 0.25) is 0 Å². The van der Waals surface area contributed by atoms with E-state index < -0.39 is 5.92 Å². The summed E-state index contributed by atoms with van der Waals surface area (Å²) in [6.07, 6.45) is 1.24. The molecule has 0 unspecified atom stereocenters. The van der Waals surface area contributed by atoms with Crippen LogP contribution < -0.4 is 0 Å². The summed E-state index contributed by atoms with van der Waals surface area (Å²) in [4.78, 5) is 3.83. The van der Waals surface area contributed by atoms with Crippen LogP contribution in [0.1, 0.15) is 12.5 Å². The van der Waals surface area contributed by atoms with Crippen LogP contribution in [0.4, 0.5) is 8.78 Å². The van der Waals surface area contributed by atoms with E-state index in [9.17, 15) is 8.78 Å². The third-order valence-corrected chi connectivity index (χ3v) is 1.84. The highest BCUT2D eigenvalue weighted by Gasteiger charge is 2.24. The monoisotopic (exact) mass is 183 g/mol. The van der Waals surface area contributed by atoms with E-state index in [1.165, 1.54) is 24.6 Å².